The second kappa shape index (κ2) is 7.80. The molecule has 1 saturated heterocycles. The Morgan fingerprint density at radius 1 is 1.13 bits per heavy atom. The highest BCUT2D eigenvalue weighted by molar-refractivity contribution is 5.27. The third kappa shape index (κ3) is 4.69. The van der Waals surface area contributed by atoms with Gasteiger partial charge in [-0.3, -0.25) is 4.90 Å². The van der Waals surface area contributed by atoms with Crippen LogP contribution < -0.4 is 5.32 Å². The number of hydrogen-bond donors (Lipinski definition) is 1. The van der Waals surface area contributed by atoms with Gasteiger partial charge in [0.15, 0.2) is 0 Å². The van der Waals surface area contributed by atoms with E-state index in [1.54, 1.807) is 0 Å². The lowest BCUT2D eigenvalue weighted by molar-refractivity contribution is 0.176. The molecule has 0 saturated carbocycles. The van der Waals surface area contributed by atoms with Gasteiger partial charge in [0.1, 0.15) is 11.5 Å². The maximum absolute atomic E-state index is 5.61. The van der Waals surface area contributed by atoms with Crippen LogP contribution in [-0.2, 0) is 19.6 Å². The van der Waals surface area contributed by atoms with Crippen molar-refractivity contribution in [2.75, 3.05) is 13.1 Å². The fourth-order valence-corrected chi connectivity index (χ4v) is 3.46. The van der Waals surface area contributed by atoms with E-state index in [0.717, 1.165) is 37.1 Å². The molecule has 1 atom stereocenters. The Bertz CT molecular complexity index is 620. The summed E-state index contributed by atoms with van der Waals surface area (Å²) < 4.78 is 5.61. The number of furan rings is 1. The van der Waals surface area contributed by atoms with Crippen LogP contribution in [0.15, 0.2) is 40.8 Å². The molecule has 3 heteroatoms. The topological polar surface area (TPSA) is 28.4 Å². The first-order valence-corrected chi connectivity index (χ1v) is 8.76. The number of nitrogens with one attached hydrogen (secondary N) is 1. The molecule has 1 fully saturated rings. The summed E-state index contributed by atoms with van der Waals surface area (Å²) in [6.45, 7) is 9.55. The molecule has 1 aliphatic heterocycles. The molecule has 2 heterocycles. The molecule has 0 radical (unpaired) electrons. The maximum atomic E-state index is 5.61. The van der Waals surface area contributed by atoms with Crippen LogP contribution >= 0.6 is 0 Å². The van der Waals surface area contributed by atoms with Crippen molar-refractivity contribution < 1.29 is 4.42 Å². The molecule has 0 bridgehead atoms. The molecule has 124 valence electrons. The zero-order chi connectivity index (χ0) is 16.1. The van der Waals surface area contributed by atoms with E-state index in [0.29, 0.717) is 0 Å². The zero-order valence-corrected chi connectivity index (χ0v) is 14.3. The first-order chi connectivity index (χ1) is 11.2. The number of aryl methyl sites for hydroxylation is 1. The van der Waals surface area contributed by atoms with Gasteiger partial charge < -0.3 is 9.73 Å². The van der Waals surface area contributed by atoms with Crippen molar-refractivity contribution in [1.29, 1.82) is 0 Å². The van der Waals surface area contributed by atoms with Gasteiger partial charge in [0.05, 0.1) is 6.54 Å². The van der Waals surface area contributed by atoms with E-state index in [4.69, 9.17) is 4.42 Å². The Labute approximate surface area is 139 Å². The van der Waals surface area contributed by atoms with Crippen molar-refractivity contribution in [3.8, 4) is 0 Å². The summed E-state index contributed by atoms with van der Waals surface area (Å²) in [6, 6.07) is 12.9. The molecule has 2 aromatic rings. The van der Waals surface area contributed by atoms with E-state index < -0.39 is 0 Å². The summed E-state index contributed by atoms with van der Waals surface area (Å²) in [5.41, 5.74) is 2.85. The minimum atomic E-state index is 0.781. The van der Waals surface area contributed by atoms with Gasteiger partial charge in [-0.15, -0.1) is 0 Å². The molecule has 1 unspecified atom stereocenters. The van der Waals surface area contributed by atoms with Gasteiger partial charge in [-0.05, 0) is 55.5 Å². The monoisotopic (exact) mass is 312 g/mol. The van der Waals surface area contributed by atoms with Crippen molar-refractivity contribution in [2.24, 2.45) is 5.92 Å². The van der Waals surface area contributed by atoms with Crippen LogP contribution in [0.3, 0.4) is 0 Å². The number of piperidine rings is 1. The number of benzene rings is 1. The van der Waals surface area contributed by atoms with Crippen LogP contribution in [0.1, 0.15) is 42.4 Å². The summed E-state index contributed by atoms with van der Waals surface area (Å²) in [5, 5.41) is 3.51. The standard InChI is InChI=1S/C20H28N2O/c1-16-6-5-11-22(14-16)15-19-8-4-3-7-18(19)12-21-13-20-10-9-17(2)23-20/h3-4,7-10,16,21H,5-6,11-15H2,1-2H3. The fourth-order valence-electron chi connectivity index (χ4n) is 3.46. The van der Waals surface area contributed by atoms with E-state index in [9.17, 15) is 0 Å². The average Bonchev–Trinajstić information content (AvgIpc) is 2.94. The molecule has 23 heavy (non-hydrogen) atoms. The quantitative estimate of drug-likeness (QED) is 0.870. The second-order valence-electron chi connectivity index (χ2n) is 6.87. The number of likely N-dealkylation sites (tertiary alicyclic amines) is 1. The first kappa shape index (κ1) is 16.3. The minimum Gasteiger partial charge on any atom is -0.465 e. The molecular weight excluding hydrogens is 284 g/mol. The smallest absolute Gasteiger partial charge is 0.117 e. The molecular formula is C20H28N2O. The number of rotatable bonds is 6. The Morgan fingerprint density at radius 2 is 1.96 bits per heavy atom. The van der Waals surface area contributed by atoms with Crippen molar-refractivity contribution in [2.45, 2.75) is 46.3 Å². The van der Waals surface area contributed by atoms with Crippen LogP contribution in [0.25, 0.3) is 0 Å². The van der Waals surface area contributed by atoms with Gasteiger partial charge in [-0.2, -0.15) is 0 Å². The summed E-state index contributed by atoms with van der Waals surface area (Å²) in [5.74, 6) is 2.81. The van der Waals surface area contributed by atoms with Crippen molar-refractivity contribution in [1.82, 2.24) is 10.2 Å². The van der Waals surface area contributed by atoms with E-state index in [1.165, 1.54) is 37.1 Å². The number of nitrogens with zero attached hydrogens (tertiary/aromatic N) is 1. The van der Waals surface area contributed by atoms with E-state index >= 15 is 0 Å². The maximum Gasteiger partial charge on any atom is 0.117 e. The first-order valence-electron chi connectivity index (χ1n) is 8.76. The van der Waals surface area contributed by atoms with E-state index in [1.807, 2.05) is 19.1 Å². The highest BCUT2D eigenvalue weighted by Crippen LogP contribution is 2.19. The van der Waals surface area contributed by atoms with Crippen molar-refractivity contribution in [3.63, 3.8) is 0 Å². The van der Waals surface area contributed by atoms with Gasteiger partial charge in [0, 0.05) is 19.6 Å². The second-order valence-corrected chi connectivity index (χ2v) is 6.87. The number of hydrogen-bond acceptors (Lipinski definition) is 3. The SMILES string of the molecule is Cc1ccc(CNCc2ccccc2CN2CCCC(C)C2)o1. The molecule has 1 aromatic heterocycles. The molecule has 0 aliphatic carbocycles. The van der Waals surface area contributed by atoms with Crippen LogP contribution in [0.4, 0.5) is 0 Å². The van der Waals surface area contributed by atoms with Gasteiger partial charge in [-0.1, -0.05) is 31.2 Å². The van der Waals surface area contributed by atoms with Gasteiger partial charge in [0.25, 0.3) is 0 Å². The van der Waals surface area contributed by atoms with Crippen LogP contribution in [0.5, 0.6) is 0 Å². The summed E-state index contributed by atoms with van der Waals surface area (Å²) in [6.07, 6.45) is 2.71. The highest BCUT2D eigenvalue weighted by atomic mass is 16.3. The Morgan fingerprint density at radius 3 is 2.70 bits per heavy atom. The van der Waals surface area contributed by atoms with Crippen LogP contribution in [0.2, 0.25) is 0 Å². The molecule has 3 rings (SSSR count). The van der Waals surface area contributed by atoms with Gasteiger partial charge in [-0.25, -0.2) is 0 Å². The predicted molar refractivity (Wildman–Crippen MR) is 94.1 cm³/mol. The van der Waals surface area contributed by atoms with Crippen molar-refractivity contribution in [3.05, 3.63) is 59.0 Å². The molecule has 1 N–H and O–H groups in total. The normalized spacial score (nSPS) is 19.1. The highest BCUT2D eigenvalue weighted by Gasteiger charge is 2.17. The fraction of sp³-hybridized carbons (Fsp3) is 0.500. The summed E-state index contributed by atoms with van der Waals surface area (Å²) >= 11 is 0. The van der Waals surface area contributed by atoms with E-state index in [2.05, 4.69) is 41.4 Å². The zero-order valence-electron chi connectivity index (χ0n) is 14.3. The Kier molecular flexibility index (Phi) is 5.52. The molecule has 0 amide bonds. The minimum absolute atomic E-state index is 0.781. The summed E-state index contributed by atoms with van der Waals surface area (Å²) in [4.78, 5) is 2.60. The van der Waals surface area contributed by atoms with Crippen LogP contribution in [-0.4, -0.2) is 18.0 Å². The lowest BCUT2D eigenvalue weighted by atomic mass is 9.99. The Hall–Kier alpha value is -1.58. The molecule has 0 spiro atoms. The predicted octanol–water partition coefficient (Wildman–Crippen LogP) is 4.11. The van der Waals surface area contributed by atoms with Gasteiger partial charge in [0.2, 0.25) is 0 Å². The van der Waals surface area contributed by atoms with Gasteiger partial charge >= 0.3 is 0 Å². The molecule has 1 aromatic carbocycles. The molecule has 3 nitrogen and oxygen atoms in total. The largest absolute Gasteiger partial charge is 0.465 e. The third-order valence-corrected chi connectivity index (χ3v) is 4.66. The molecule has 1 aliphatic rings. The van der Waals surface area contributed by atoms with Crippen molar-refractivity contribution >= 4 is 0 Å². The lowest BCUT2D eigenvalue weighted by Gasteiger charge is -2.31. The summed E-state index contributed by atoms with van der Waals surface area (Å²) in [7, 11) is 0. The lowest BCUT2D eigenvalue weighted by Crippen LogP contribution is -2.34. The average molecular weight is 312 g/mol. The van der Waals surface area contributed by atoms with Crippen LogP contribution in [0, 0.1) is 12.8 Å². The Balaban J connectivity index is 1.56. The van der Waals surface area contributed by atoms with E-state index in [-0.39, 0.29) is 0 Å². The third-order valence-electron chi connectivity index (χ3n) is 4.66.